The van der Waals surface area contributed by atoms with Crippen molar-refractivity contribution in [2.45, 2.75) is 61.4 Å². The highest BCUT2D eigenvalue weighted by Gasteiger charge is 2.43. The van der Waals surface area contributed by atoms with Gasteiger partial charge in [0.1, 0.15) is 11.1 Å². The van der Waals surface area contributed by atoms with E-state index >= 15 is 0 Å². The zero-order valence-corrected chi connectivity index (χ0v) is 22.2. The molecule has 0 heterocycles. The van der Waals surface area contributed by atoms with E-state index in [-0.39, 0.29) is 16.6 Å². The number of aliphatic carboxylic acids is 1. The quantitative estimate of drug-likeness (QED) is 0.413. The molecule has 186 valence electrons. The number of halogens is 3. The SMILES string of the molecule is COC(=O)[C@@]1(N)CC[C@H](c2ccc(Br)cc2)C1.F.N[C@]1(C(=O)O)CC[C@H](c2ccc(Br)cc2)C1. The fourth-order valence-electron chi connectivity index (χ4n) is 4.77. The number of carboxylic acid groups (broad SMARTS) is 1. The summed E-state index contributed by atoms with van der Waals surface area (Å²) in [6.45, 7) is 0. The second kappa shape index (κ2) is 11.7. The van der Waals surface area contributed by atoms with Crippen LogP contribution >= 0.6 is 31.9 Å². The van der Waals surface area contributed by atoms with Crippen molar-refractivity contribution in [3.63, 3.8) is 0 Å². The first-order valence-electron chi connectivity index (χ1n) is 11.0. The van der Waals surface area contributed by atoms with Crippen LogP contribution in [-0.4, -0.2) is 35.2 Å². The summed E-state index contributed by atoms with van der Waals surface area (Å²) in [6, 6.07) is 16.2. The zero-order valence-electron chi connectivity index (χ0n) is 19.0. The fourth-order valence-corrected chi connectivity index (χ4v) is 5.30. The van der Waals surface area contributed by atoms with E-state index in [0.717, 1.165) is 21.8 Å². The van der Waals surface area contributed by atoms with Gasteiger partial charge >= 0.3 is 11.9 Å². The van der Waals surface area contributed by atoms with Gasteiger partial charge in [-0.25, -0.2) is 0 Å². The Morgan fingerprint density at radius 2 is 1.24 bits per heavy atom. The topological polar surface area (TPSA) is 116 Å². The van der Waals surface area contributed by atoms with Crippen molar-refractivity contribution < 1.29 is 24.1 Å². The Kier molecular flexibility index (Phi) is 9.82. The Balaban J connectivity index is 0.000000234. The molecule has 0 bridgehead atoms. The van der Waals surface area contributed by atoms with Gasteiger partial charge in [-0.1, -0.05) is 56.1 Å². The number of ether oxygens (including phenoxy) is 1. The summed E-state index contributed by atoms with van der Waals surface area (Å²) in [5, 5.41) is 9.05. The van der Waals surface area contributed by atoms with E-state index in [0.29, 0.717) is 31.6 Å². The van der Waals surface area contributed by atoms with E-state index in [1.165, 1.54) is 18.2 Å². The molecule has 2 fully saturated rings. The molecule has 5 N–H and O–H groups in total. The minimum absolute atomic E-state index is 0. The van der Waals surface area contributed by atoms with Crippen LogP contribution in [0.25, 0.3) is 0 Å². The summed E-state index contributed by atoms with van der Waals surface area (Å²) in [5.41, 5.74) is 12.5. The minimum atomic E-state index is -1.03. The van der Waals surface area contributed by atoms with Gasteiger partial charge < -0.3 is 21.3 Å². The van der Waals surface area contributed by atoms with Gasteiger partial charge in [0, 0.05) is 8.95 Å². The van der Waals surface area contributed by atoms with Crippen molar-refractivity contribution in [2.24, 2.45) is 11.5 Å². The van der Waals surface area contributed by atoms with E-state index in [2.05, 4.69) is 44.0 Å². The molecule has 6 nitrogen and oxygen atoms in total. The third kappa shape index (κ3) is 6.65. The summed E-state index contributed by atoms with van der Waals surface area (Å²) in [7, 11) is 1.39. The average Bonchev–Trinajstić information content (AvgIpc) is 3.40. The summed E-state index contributed by atoms with van der Waals surface area (Å²) >= 11 is 6.79. The Morgan fingerprint density at radius 1 is 0.853 bits per heavy atom. The largest absolute Gasteiger partial charge is 0.480 e. The van der Waals surface area contributed by atoms with E-state index in [9.17, 15) is 9.59 Å². The van der Waals surface area contributed by atoms with E-state index in [1.54, 1.807) is 0 Å². The Morgan fingerprint density at radius 3 is 1.59 bits per heavy atom. The molecule has 9 heteroatoms. The summed E-state index contributed by atoms with van der Waals surface area (Å²) in [5.74, 6) is -0.550. The number of nitrogens with two attached hydrogens (primary N) is 2. The van der Waals surface area contributed by atoms with E-state index in [4.69, 9.17) is 21.3 Å². The fraction of sp³-hybridized carbons (Fsp3) is 0.440. The van der Waals surface area contributed by atoms with Crippen molar-refractivity contribution in [1.29, 1.82) is 0 Å². The number of esters is 1. The maximum atomic E-state index is 11.6. The van der Waals surface area contributed by atoms with Crippen LogP contribution in [0.3, 0.4) is 0 Å². The first kappa shape index (κ1) is 28.4. The third-order valence-corrected chi connectivity index (χ3v) is 7.86. The summed E-state index contributed by atoms with van der Waals surface area (Å²) < 4.78 is 6.86. The van der Waals surface area contributed by atoms with Crippen LogP contribution in [0, 0.1) is 0 Å². The maximum absolute atomic E-state index is 11.6. The summed E-state index contributed by atoms with van der Waals surface area (Å²) in [4.78, 5) is 22.6. The molecule has 2 aromatic rings. The molecule has 0 radical (unpaired) electrons. The first-order chi connectivity index (χ1) is 15.6. The number of carboxylic acids is 1. The van der Waals surface area contributed by atoms with Crippen molar-refractivity contribution in [2.75, 3.05) is 7.11 Å². The van der Waals surface area contributed by atoms with Gasteiger partial charge in [-0.2, -0.15) is 0 Å². The Hall–Kier alpha value is -1.81. The molecule has 0 saturated heterocycles. The number of carbonyl (C=O) groups excluding carboxylic acids is 1. The molecule has 0 spiro atoms. The monoisotopic (exact) mass is 600 g/mol. The Labute approximate surface area is 216 Å². The van der Waals surface area contributed by atoms with Crippen molar-refractivity contribution >= 4 is 43.8 Å². The smallest absolute Gasteiger partial charge is 0.325 e. The van der Waals surface area contributed by atoms with E-state index < -0.39 is 17.0 Å². The highest BCUT2D eigenvalue weighted by Crippen LogP contribution is 2.41. The lowest BCUT2D eigenvalue weighted by molar-refractivity contribution is -0.147. The Bertz CT molecular complexity index is 989. The van der Waals surface area contributed by atoms with E-state index in [1.807, 2.05) is 36.4 Å². The van der Waals surface area contributed by atoms with Crippen LogP contribution < -0.4 is 11.5 Å². The molecule has 2 aliphatic carbocycles. The highest BCUT2D eigenvalue weighted by atomic mass is 79.9. The van der Waals surface area contributed by atoms with Crippen LogP contribution in [0.15, 0.2) is 57.5 Å². The lowest BCUT2D eigenvalue weighted by Gasteiger charge is -2.20. The second-order valence-corrected chi connectivity index (χ2v) is 10.9. The third-order valence-electron chi connectivity index (χ3n) is 6.80. The first-order valence-corrected chi connectivity index (χ1v) is 12.6. The van der Waals surface area contributed by atoms with Gasteiger partial charge in [0.05, 0.1) is 7.11 Å². The number of hydrogen-bond donors (Lipinski definition) is 3. The lowest BCUT2D eigenvalue weighted by Crippen LogP contribution is -2.46. The van der Waals surface area contributed by atoms with Crippen LogP contribution in [0.4, 0.5) is 4.70 Å². The van der Waals surface area contributed by atoms with Gasteiger partial charge in [-0.3, -0.25) is 14.3 Å². The summed E-state index contributed by atoms with van der Waals surface area (Å²) in [6.07, 6.45) is 4.24. The van der Waals surface area contributed by atoms with Gasteiger partial charge in [-0.05, 0) is 85.8 Å². The van der Waals surface area contributed by atoms with Gasteiger partial charge in [0.15, 0.2) is 0 Å². The molecule has 4 atom stereocenters. The predicted octanol–water partition coefficient (Wildman–Crippen LogP) is 5.24. The zero-order chi connectivity index (χ0) is 24.2. The molecule has 0 unspecified atom stereocenters. The molecule has 2 aromatic carbocycles. The maximum Gasteiger partial charge on any atom is 0.325 e. The second-order valence-electron chi connectivity index (χ2n) is 9.09. The molecular weight excluding hydrogens is 571 g/mol. The van der Waals surface area contributed by atoms with Gasteiger partial charge in [-0.15, -0.1) is 0 Å². The number of carbonyl (C=O) groups is 2. The van der Waals surface area contributed by atoms with Crippen LogP contribution in [-0.2, 0) is 14.3 Å². The van der Waals surface area contributed by atoms with Crippen molar-refractivity contribution in [3.05, 3.63) is 68.6 Å². The molecule has 4 rings (SSSR count). The number of benzene rings is 2. The number of rotatable bonds is 4. The molecule has 2 saturated carbocycles. The molecule has 0 aromatic heterocycles. The predicted molar refractivity (Wildman–Crippen MR) is 137 cm³/mol. The molecular formula is C25H31Br2FN2O4. The van der Waals surface area contributed by atoms with Crippen LogP contribution in [0.5, 0.6) is 0 Å². The standard InChI is InChI=1S/C13H16BrNO2.C12H14BrNO2.FH/c1-17-12(16)13(15)7-6-10(8-13)9-2-4-11(14)5-3-9;13-10-3-1-8(2-4-10)9-5-6-12(14,7-9)11(15)16;/h2-5,10H,6-8,15H2,1H3;1-4,9H,5-7,14H2,(H,15,16);1H/t10-,13+;9-,12+;/m00./s1. The molecule has 2 aliphatic rings. The van der Waals surface area contributed by atoms with Crippen molar-refractivity contribution in [3.8, 4) is 0 Å². The van der Waals surface area contributed by atoms with Gasteiger partial charge in [0.2, 0.25) is 0 Å². The lowest BCUT2D eigenvalue weighted by atomic mass is 9.93. The number of hydrogen-bond acceptors (Lipinski definition) is 5. The van der Waals surface area contributed by atoms with Crippen molar-refractivity contribution in [1.82, 2.24) is 0 Å². The molecule has 34 heavy (non-hydrogen) atoms. The van der Waals surface area contributed by atoms with Crippen LogP contribution in [0.1, 0.15) is 61.5 Å². The van der Waals surface area contributed by atoms with Gasteiger partial charge in [0.25, 0.3) is 0 Å². The molecule has 0 amide bonds. The normalized spacial score (nSPS) is 27.8. The number of methoxy groups -OCH3 is 1. The minimum Gasteiger partial charge on any atom is -0.480 e. The molecule has 0 aliphatic heterocycles. The average molecular weight is 602 g/mol. The van der Waals surface area contributed by atoms with Crippen LogP contribution in [0.2, 0.25) is 0 Å². The highest BCUT2D eigenvalue weighted by molar-refractivity contribution is 9.10.